The van der Waals surface area contributed by atoms with Crippen LogP contribution in [-0.4, -0.2) is 36.0 Å². The molecule has 2 aliphatic rings. The van der Waals surface area contributed by atoms with Crippen molar-refractivity contribution in [1.29, 1.82) is 0 Å². The van der Waals surface area contributed by atoms with Crippen molar-refractivity contribution in [2.24, 2.45) is 5.92 Å². The first kappa shape index (κ1) is 18.6. The number of nitrogens with one attached hydrogen (secondary N) is 1. The van der Waals surface area contributed by atoms with Gasteiger partial charge in [-0.15, -0.1) is 0 Å². The summed E-state index contributed by atoms with van der Waals surface area (Å²) in [4.78, 5) is 18.4. The highest BCUT2D eigenvalue weighted by molar-refractivity contribution is 6.30. The molecule has 3 aromatic rings. The Kier molecular flexibility index (Phi) is 4.75. The summed E-state index contributed by atoms with van der Waals surface area (Å²) in [6, 6.07) is 14.1. The molecule has 29 heavy (non-hydrogen) atoms. The number of carbonyl (C=O) groups excluding carboxylic acids is 1. The number of carbonyl (C=O) groups is 1. The van der Waals surface area contributed by atoms with E-state index in [1.807, 2.05) is 24.3 Å². The predicted octanol–water partition coefficient (Wildman–Crippen LogP) is 5.34. The monoisotopic (exact) mass is 408 g/mol. The lowest BCUT2D eigenvalue weighted by molar-refractivity contribution is -0.133. The fourth-order valence-corrected chi connectivity index (χ4v) is 5.00. The average Bonchev–Trinajstić information content (AvgIpc) is 3.45. The van der Waals surface area contributed by atoms with Crippen LogP contribution in [-0.2, 0) is 4.79 Å². The van der Waals surface area contributed by atoms with Gasteiger partial charge in [0.1, 0.15) is 5.75 Å². The molecule has 4 nitrogen and oxygen atoms in total. The van der Waals surface area contributed by atoms with E-state index in [0.29, 0.717) is 17.7 Å². The Morgan fingerprint density at radius 3 is 2.76 bits per heavy atom. The highest BCUT2D eigenvalue weighted by Gasteiger charge is 2.46. The second-order valence-electron chi connectivity index (χ2n) is 8.26. The first-order chi connectivity index (χ1) is 14.1. The summed E-state index contributed by atoms with van der Waals surface area (Å²) in [5.41, 5.74) is 3.68. The summed E-state index contributed by atoms with van der Waals surface area (Å²) >= 11 is 6.11. The molecule has 5 rings (SSSR count). The number of nitrogens with zero attached hydrogens (tertiary/aromatic N) is 1. The molecule has 2 heterocycles. The number of methoxy groups -OCH3 is 1. The summed E-state index contributed by atoms with van der Waals surface area (Å²) in [5.74, 6) is 2.13. The van der Waals surface area contributed by atoms with Gasteiger partial charge in [-0.25, -0.2) is 0 Å². The molecule has 5 heteroatoms. The first-order valence-electron chi connectivity index (χ1n) is 10.3. The van der Waals surface area contributed by atoms with E-state index in [0.717, 1.165) is 48.6 Å². The molecule has 1 aliphatic carbocycles. The van der Waals surface area contributed by atoms with Crippen molar-refractivity contribution >= 4 is 28.4 Å². The number of hydrogen-bond acceptors (Lipinski definition) is 2. The second-order valence-corrected chi connectivity index (χ2v) is 8.70. The minimum Gasteiger partial charge on any atom is -0.497 e. The van der Waals surface area contributed by atoms with E-state index < -0.39 is 0 Å². The smallest absolute Gasteiger partial charge is 0.226 e. The number of ether oxygens (including phenoxy) is 1. The lowest BCUT2D eigenvalue weighted by Crippen LogP contribution is -2.39. The third kappa shape index (κ3) is 3.51. The van der Waals surface area contributed by atoms with Crippen molar-refractivity contribution in [3.8, 4) is 5.75 Å². The minimum atomic E-state index is 0.127. The number of halogens is 1. The molecule has 1 amide bonds. The number of likely N-dealkylation sites (tertiary alicyclic amines) is 1. The van der Waals surface area contributed by atoms with Crippen molar-refractivity contribution in [3.05, 3.63) is 64.8 Å². The lowest BCUT2D eigenvalue weighted by atomic mass is 9.89. The van der Waals surface area contributed by atoms with Gasteiger partial charge in [-0.05, 0) is 72.6 Å². The standard InChI is InChI=1S/C24H25ClN2O2/c1-29-18-5-6-23-20(12-18)22(14-26-23)15-7-9-27(10-8-15)24(28)21-13-19(21)16-3-2-4-17(25)11-16/h2-6,11-12,14-15,19,21,26H,7-10,13H2,1H3. The normalized spacial score (nSPS) is 22.1. The van der Waals surface area contributed by atoms with Gasteiger partial charge < -0.3 is 14.6 Å². The van der Waals surface area contributed by atoms with Crippen LogP contribution in [0.5, 0.6) is 5.75 Å². The Morgan fingerprint density at radius 2 is 2.00 bits per heavy atom. The van der Waals surface area contributed by atoms with Crippen molar-refractivity contribution < 1.29 is 9.53 Å². The zero-order valence-corrected chi connectivity index (χ0v) is 17.3. The number of amides is 1. The van der Waals surface area contributed by atoms with Gasteiger partial charge >= 0.3 is 0 Å². The highest BCUT2D eigenvalue weighted by atomic mass is 35.5. The zero-order valence-electron chi connectivity index (χ0n) is 16.5. The highest BCUT2D eigenvalue weighted by Crippen LogP contribution is 2.49. The van der Waals surface area contributed by atoms with Gasteiger partial charge in [0.05, 0.1) is 7.11 Å². The maximum Gasteiger partial charge on any atom is 0.226 e. The molecule has 2 aromatic carbocycles. The van der Waals surface area contributed by atoms with Crippen molar-refractivity contribution in [2.45, 2.75) is 31.1 Å². The number of piperidine rings is 1. The number of H-pyrrole nitrogens is 1. The number of aromatic nitrogens is 1. The molecule has 1 N–H and O–H groups in total. The topological polar surface area (TPSA) is 45.3 Å². The molecule has 0 spiro atoms. The SMILES string of the molecule is COc1ccc2[nH]cc(C3CCN(C(=O)C4CC4c4cccc(Cl)c4)CC3)c2c1. The zero-order chi connectivity index (χ0) is 20.0. The van der Waals surface area contributed by atoms with E-state index in [4.69, 9.17) is 16.3 Å². The molecule has 1 aromatic heterocycles. The van der Waals surface area contributed by atoms with E-state index in [1.54, 1.807) is 7.11 Å². The summed E-state index contributed by atoms with van der Waals surface area (Å²) in [6.07, 6.45) is 5.08. The van der Waals surface area contributed by atoms with Crippen molar-refractivity contribution in [3.63, 3.8) is 0 Å². The third-order valence-electron chi connectivity index (χ3n) is 6.55. The number of aromatic amines is 1. The van der Waals surface area contributed by atoms with Crippen molar-refractivity contribution in [1.82, 2.24) is 9.88 Å². The molecule has 150 valence electrons. The van der Waals surface area contributed by atoms with E-state index in [1.165, 1.54) is 16.5 Å². The number of rotatable bonds is 4. The first-order valence-corrected chi connectivity index (χ1v) is 10.7. The predicted molar refractivity (Wildman–Crippen MR) is 116 cm³/mol. The van der Waals surface area contributed by atoms with Crippen LogP contribution in [0.15, 0.2) is 48.7 Å². The second kappa shape index (κ2) is 7.42. The summed E-state index contributed by atoms with van der Waals surface area (Å²) < 4.78 is 5.39. The Labute approximate surface area is 175 Å². The number of benzene rings is 2. The van der Waals surface area contributed by atoms with Crippen LogP contribution in [0.4, 0.5) is 0 Å². The van der Waals surface area contributed by atoms with Crippen LogP contribution >= 0.6 is 11.6 Å². The molecular weight excluding hydrogens is 384 g/mol. The lowest BCUT2D eigenvalue weighted by Gasteiger charge is -2.32. The maximum absolute atomic E-state index is 13.0. The van der Waals surface area contributed by atoms with E-state index in [9.17, 15) is 4.79 Å². The fourth-order valence-electron chi connectivity index (χ4n) is 4.80. The van der Waals surface area contributed by atoms with Gasteiger partial charge in [0.2, 0.25) is 5.91 Å². The van der Waals surface area contributed by atoms with Gasteiger partial charge in [-0.3, -0.25) is 4.79 Å². The molecule has 0 radical (unpaired) electrons. The largest absolute Gasteiger partial charge is 0.497 e. The Hall–Kier alpha value is -2.46. The third-order valence-corrected chi connectivity index (χ3v) is 6.79. The van der Waals surface area contributed by atoms with E-state index in [-0.39, 0.29) is 5.92 Å². The number of hydrogen-bond donors (Lipinski definition) is 1. The summed E-state index contributed by atoms with van der Waals surface area (Å²) in [6.45, 7) is 1.66. The molecule has 1 saturated heterocycles. The quantitative estimate of drug-likeness (QED) is 0.633. The Morgan fingerprint density at radius 1 is 1.17 bits per heavy atom. The van der Waals surface area contributed by atoms with E-state index >= 15 is 0 Å². The Balaban J connectivity index is 1.24. The Bertz CT molecular complexity index is 1050. The van der Waals surface area contributed by atoms with Crippen LogP contribution < -0.4 is 4.74 Å². The molecule has 1 aliphatic heterocycles. The van der Waals surface area contributed by atoms with Crippen LogP contribution in [0.25, 0.3) is 10.9 Å². The van der Waals surface area contributed by atoms with Gasteiger partial charge in [0.25, 0.3) is 0 Å². The maximum atomic E-state index is 13.0. The summed E-state index contributed by atoms with van der Waals surface area (Å²) in [5, 5.41) is 1.98. The van der Waals surface area contributed by atoms with Crippen LogP contribution in [0.1, 0.15) is 42.2 Å². The van der Waals surface area contributed by atoms with Crippen molar-refractivity contribution in [2.75, 3.05) is 20.2 Å². The van der Waals surface area contributed by atoms with Crippen LogP contribution in [0, 0.1) is 5.92 Å². The van der Waals surface area contributed by atoms with Crippen LogP contribution in [0.2, 0.25) is 5.02 Å². The molecule has 0 bridgehead atoms. The minimum absolute atomic E-state index is 0.127. The molecule has 1 saturated carbocycles. The molecular formula is C24H25ClN2O2. The van der Waals surface area contributed by atoms with Gasteiger partial charge in [0.15, 0.2) is 0 Å². The molecule has 2 fully saturated rings. The molecule has 2 atom stereocenters. The van der Waals surface area contributed by atoms with Gasteiger partial charge in [-0.2, -0.15) is 0 Å². The van der Waals surface area contributed by atoms with E-state index in [2.05, 4.69) is 34.3 Å². The number of fused-ring (bicyclic) bond motifs is 1. The molecule has 2 unspecified atom stereocenters. The average molecular weight is 409 g/mol. The fraction of sp³-hybridized carbons (Fsp3) is 0.375. The van der Waals surface area contributed by atoms with Crippen LogP contribution in [0.3, 0.4) is 0 Å². The van der Waals surface area contributed by atoms with Gasteiger partial charge in [0, 0.05) is 41.1 Å². The summed E-state index contributed by atoms with van der Waals surface area (Å²) in [7, 11) is 1.70. The van der Waals surface area contributed by atoms with Gasteiger partial charge in [-0.1, -0.05) is 23.7 Å².